The molecule has 1 aromatic carbocycles. The highest BCUT2D eigenvalue weighted by molar-refractivity contribution is 6.32. The summed E-state index contributed by atoms with van der Waals surface area (Å²) in [6, 6.07) is 6.22. The van der Waals surface area contributed by atoms with Gasteiger partial charge in [0.15, 0.2) is 22.9 Å². The summed E-state index contributed by atoms with van der Waals surface area (Å²) in [5.41, 5.74) is 0.338. The van der Waals surface area contributed by atoms with Gasteiger partial charge in [-0.05, 0) is 31.2 Å². The molecule has 4 nitrogen and oxygen atoms in total. The summed E-state index contributed by atoms with van der Waals surface area (Å²) in [6.45, 7) is 1.47. The maximum Gasteiger partial charge on any atom is 0.265 e. The Bertz CT molecular complexity index is 667. The lowest BCUT2D eigenvalue weighted by Gasteiger charge is -2.15. The highest BCUT2D eigenvalue weighted by atomic mass is 35.5. The first kappa shape index (κ1) is 15.2. The van der Waals surface area contributed by atoms with Gasteiger partial charge < -0.3 is 10.1 Å². The quantitative estimate of drug-likeness (QED) is 0.880. The first-order valence-corrected chi connectivity index (χ1v) is 6.38. The van der Waals surface area contributed by atoms with Gasteiger partial charge in [0.2, 0.25) is 0 Å². The van der Waals surface area contributed by atoms with Crippen LogP contribution in [0.25, 0.3) is 0 Å². The number of nitrogens with one attached hydrogen (secondary N) is 1. The van der Waals surface area contributed by atoms with Gasteiger partial charge in [-0.3, -0.25) is 4.79 Å². The summed E-state index contributed by atoms with van der Waals surface area (Å²) in [6.07, 6.45) is 0.560. The SMILES string of the molecule is C[C@H](Oc1ccc(F)c(F)c1)C(=O)Nc1cccnc1Cl. The summed E-state index contributed by atoms with van der Waals surface area (Å²) in [7, 11) is 0. The number of nitrogens with zero attached hydrogens (tertiary/aromatic N) is 1. The molecule has 2 rings (SSSR count). The predicted molar refractivity (Wildman–Crippen MR) is 74.3 cm³/mol. The number of rotatable bonds is 4. The van der Waals surface area contributed by atoms with Gasteiger partial charge >= 0.3 is 0 Å². The standard InChI is InChI=1S/C14H11ClF2N2O2/c1-8(21-9-4-5-10(16)11(17)7-9)14(20)19-12-3-2-6-18-13(12)15/h2-8H,1H3,(H,19,20)/t8-/m0/s1. The van der Waals surface area contributed by atoms with Crippen molar-refractivity contribution in [3.63, 3.8) is 0 Å². The molecule has 0 fully saturated rings. The molecular weight excluding hydrogens is 302 g/mol. The van der Waals surface area contributed by atoms with Crippen LogP contribution in [0.5, 0.6) is 5.75 Å². The second-order valence-corrected chi connectivity index (χ2v) is 4.53. The number of aromatic nitrogens is 1. The summed E-state index contributed by atoms with van der Waals surface area (Å²) in [5, 5.41) is 2.67. The predicted octanol–water partition coefficient (Wildman–Crippen LogP) is 3.42. The summed E-state index contributed by atoms with van der Waals surface area (Å²) in [4.78, 5) is 15.7. The number of anilines is 1. The van der Waals surface area contributed by atoms with Crippen molar-refractivity contribution in [3.05, 3.63) is 53.3 Å². The average molecular weight is 313 g/mol. The first-order chi connectivity index (χ1) is 9.97. The Morgan fingerprint density at radius 1 is 1.33 bits per heavy atom. The van der Waals surface area contributed by atoms with Crippen molar-refractivity contribution in [2.75, 3.05) is 5.32 Å². The second kappa shape index (κ2) is 6.49. The number of benzene rings is 1. The van der Waals surface area contributed by atoms with Crippen LogP contribution < -0.4 is 10.1 Å². The number of amides is 1. The van der Waals surface area contributed by atoms with Crippen LogP contribution in [0.2, 0.25) is 5.15 Å². The van der Waals surface area contributed by atoms with E-state index in [1.807, 2.05) is 0 Å². The van der Waals surface area contributed by atoms with E-state index < -0.39 is 23.6 Å². The molecule has 0 saturated carbocycles. The van der Waals surface area contributed by atoms with Gasteiger partial charge in [0.05, 0.1) is 5.69 Å². The summed E-state index contributed by atoms with van der Waals surface area (Å²) >= 11 is 5.81. The number of pyridine rings is 1. The molecule has 0 unspecified atom stereocenters. The zero-order chi connectivity index (χ0) is 15.4. The molecule has 1 N–H and O–H groups in total. The Morgan fingerprint density at radius 3 is 2.76 bits per heavy atom. The zero-order valence-electron chi connectivity index (χ0n) is 10.9. The van der Waals surface area contributed by atoms with Crippen molar-refractivity contribution >= 4 is 23.2 Å². The van der Waals surface area contributed by atoms with E-state index in [9.17, 15) is 13.6 Å². The van der Waals surface area contributed by atoms with E-state index in [-0.39, 0.29) is 10.9 Å². The molecule has 21 heavy (non-hydrogen) atoms. The van der Waals surface area contributed by atoms with Gasteiger partial charge in [0.25, 0.3) is 5.91 Å². The molecule has 2 aromatic rings. The highest BCUT2D eigenvalue weighted by Crippen LogP contribution is 2.19. The molecule has 0 saturated heterocycles. The first-order valence-electron chi connectivity index (χ1n) is 6.00. The number of ether oxygens (including phenoxy) is 1. The Balaban J connectivity index is 2.02. The molecule has 110 valence electrons. The number of halogens is 3. The van der Waals surface area contributed by atoms with E-state index in [1.54, 1.807) is 12.1 Å². The molecule has 0 radical (unpaired) electrons. The number of hydrogen-bond acceptors (Lipinski definition) is 3. The molecule has 7 heteroatoms. The van der Waals surface area contributed by atoms with Crippen molar-refractivity contribution in [3.8, 4) is 5.75 Å². The van der Waals surface area contributed by atoms with Gasteiger partial charge in [0.1, 0.15) is 5.75 Å². The maximum absolute atomic E-state index is 13.0. The largest absolute Gasteiger partial charge is 0.481 e. The lowest BCUT2D eigenvalue weighted by molar-refractivity contribution is -0.122. The lowest BCUT2D eigenvalue weighted by Crippen LogP contribution is -2.30. The van der Waals surface area contributed by atoms with Crippen molar-refractivity contribution in [1.29, 1.82) is 0 Å². The van der Waals surface area contributed by atoms with Crippen LogP contribution in [-0.2, 0) is 4.79 Å². The van der Waals surface area contributed by atoms with Gasteiger partial charge in [0, 0.05) is 12.3 Å². The Kier molecular flexibility index (Phi) is 4.70. The van der Waals surface area contributed by atoms with Crippen molar-refractivity contribution < 1.29 is 18.3 Å². The third kappa shape index (κ3) is 3.88. The van der Waals surface area contributed by atoms with Crippen LogP contribution in [0.15, 0.2) is 36.5 Å². The smallest absolute Gasteiger partial charge is 0.265 e. The topological polar surface area (TPSA) is 51.2 Å². The van der Waals surface area contributed by atoms with Crippen molar-refractivity contribution in [1.82, 2.24) is 4.98 Å². The molecule has 0 aliphatic carbocycles. The van der Waals surface area contributed by atoms with Crippen LogP contribution in [0, 0.1) is 11.6 Å². The normalized spacial score (nSPS) is 11.8. The molecule has 0 bridgehead atoms. The fourth-order valence-corrected chi connectivity index (χ4v) is 1.69. The Morgan fingerprint density at radius 2 is 2.10 bits per heavy atom. The van der Waals surface area contributed by atoms with Gasteiger partial charge in [-0.25, -0.2) is 13.8 Å². The minimum Gasteiger partial charge on any atom is -0.481 e. The molecular formula is C14H11ClF2N2O2. The van der Waals surface area contributed by atoms with Gasteiger partial charge in [-0.2, -0.15) is 0 Å². The Hall–Kier alpha value is -2.21. The van der Waals surface area contributed by atoms with E-state index in [2.05, 4.69) is 10.3 Å². The van der Waals surface area contributed by atoms with Crippen molar-refractivity contribution in [2.24, 2.45) is 0 Å². The number of carbonyl (C=O) groups excluding carboxylic acids is 1. The molecule has 0 aliphatic rings. The molecule has 1 amide bonds. The van der Waals surface area contributed by atoms with Crippen LogP contribution in [-0.4, -0.2) is 17.0 Å². The molecule has 1 aromatic heterocycles. The molecule has 1 heterocycles. The number of hydrogen-bond donors (Lipinski definition) is 1. The van der Waals surface area contributed by atoms with Crippen molar-refractivity contribution in [2.45, 2.75) is 13.0 Å². The molecule has 0 aliphatic heterocycles. The Labute approximate surface area is 124 Å². The van der Waals surface area contributed by atoms with E-state index >= 15 is 0 Å². The van der Waals surface area contributed by atoms with Crippen LogP contribution in [0.3, 0.4) is 0 Å². The second-order valence-electron chi connectivity index (χ2n) is 4.17. The van der Waals surface area contributed by atoms with Crippen LogP contribution in [0.4, 0.5) is 14.5 Å². The zero-order valence-corrected chi connectivity index (χ0v) is 11.7. The summed E-state index contributed by atoms with van der Waals surface area (Å²) < 4.78 is 31.1. The van der Waals surface area contributed by atoms with E-state index in [0.717, 1.165) is 12.1 Å². The molecule has 0 spiro atoms. The van der Waals surface area contributed by atoms with Crippen LogP contribution in [0.1, 0.15) is 6.92 Å². The number of carbonyl (C=O) groups is 1. The monoisotopic (exact) mass is 312 g/mol. The third-order valence-corrected chi connectivity index (χ3v) is 2.89. The average Bonchev–Trinajstić information content (AvgIpc) is 2.45. The minimum atomic E-state index is -1.05. The minimum absolute atomic E-state index is 0.0498. The summed E-state index contributed by atoms with van der Waals surface area (Å²) in [5.74, 6) is -2.47. The maximum atomic E-state index is 13.0. The van der Waals surface area contributed by atoms with E-state index in [4.69, 9.17) is 16.3 Å². The fourth-order valence-electron chi connectivity index (χ4n) is 1.52. The highest BCUT2D eigenvalue weighted by Gasteiger charge is 2.17. The van der Waals surface area contributed by atoms with E-state index in [0.29, 0.717) is 5.69 Å². The van der Waals surface area contributed by atoms with E-state index in [1.165, 1.54) is 19.2 Å². The fraction of sp³-hybridized carbons (Fsp3) is 0.143. The van der Waals surface area contributed by atoms with Gasteiger partial charge in [-0.15, -0.1) is 0 Å². The lowest BCUT2D eigenvalue weighted by atomic mass is 10.3. The third-order valence-electron chi connectivity index (χ3n) is 2.59. The molecule has 1 atom stereocenters. The van der Waals surface area contributed by atoms with Crippen LogP contribution >= 0.6 is 11.6 Å². The van der Waals surface area contributed by atoms with Gasteiger partial charge in [-0.1, -0.05) is 11.6 Å².